The first-order valence-corrected chi connectivity index (χ1v) is 4.84. The van der Waals surface area contributed by atoms with Gasteiger partial charge in [-0.05, 0) is 31.4 Å². The Morgan fingerprint density at radius 1 is 1.50 bits per heavy atom. The van der Waals surface area contributed by atoms with Gasteiger partial charge in [0.1, 0.15) is 0 Å². The van der Waals surface area contributed by atoms with Gasteiger partial charge in [-0.1, -0.05) is 12.1 Å². The van der Waals surface area contributed by atoms with Crippen LogP contribution in [0.15, 0.2) is 18.2 Å². The number of nitrogen functional groups attached to an aromatic ring is 1. The molecule has 2 rings (SSSR count). The van der Waals surface area contributed by atoms with Gasteiger partial charge >= 0.3 is 0 Å². The van der Waals surface area contributed by atoms with Gasteiger partial charge in [-0.25, -0.2) is 0 Å². The highest BCUT2D eigenvalue weighted by Gasteiger charge is 2.24. The van der Waals surface area contributed by atoms with E-state index in [-0.39, 0.29) is 5.91 Å². The molecule has 3 N–H and O–H groups in total. The highest BCUT2D eigenvalue weighted by molar-refractivity contribution is 6.00. The maximum atomic E-state index is 11.7. The van der Waals surface area contributed by atoms with Crippen molar-refractivity contribution < 1.29 is 4.79 Å². The molecule has 0 atom stereocenters. The standard InChI is InChI=1S/C11H14N2O/c1-7-3-2-4-9(10(7)12)11(14)13-8-5-6-8/h2-4,8H,5-6,12H2,1H3,(H,13,14). The Hall–Kier alpha value is -1.51. The first-order chi connectivity index (χ1) is 6.68. The van der Waals surface area contributed by atoms with Crippen molar-refractivity contribution >= 4 is 11.6 Å². The Bertz CT molecular complexity index is 370. The Morgan fingerprint density at radius 2 is 2.21 bits per heavy atom. The Labute approximate surface area is 83.3 Å². The number of nitrogens with two attached hydrogens (primary N) is 1. The van der Waals surface area contributed by atoms with Crippen LogP contribution in [0.4, 0.5) is 5.69 Å². The van der Waals surface area contributed by atoms with E-state index in [1.807, 2.05) is 19.1 Å². The van der Waals surface area contributed by atoms with Crippen molar-refractivity contribution in [3.8, 4) is 0 Å². The number of benzene rings is 1. The molecule has 74 valence electrons. The SMILES string of the molecule is Cc1cccc(C(=O)NC2CC2)c1N. The van der Waals surface area contributed by atoms with E-state index in [0.717, 1.165) is 18.4 Å². The third kappa shape index (κ3) is 1.71. The Balaban J connectivity index is 2.21. The van der Waals surface area contributed by atoms with Gasteiger partial charge in [0.2, 0.25) is 0 Å². The summed E-state index contributed by atoms with van der Waals surface area (Å²) in [4.78, 5) is 11.7. The molecule has 0 spiro atoms. The molecule has 1 amide bonds. The van der Waals surface area contributed by atoms with Crippen LogP contribution in [-0.4, -0.2) is 11.9 Å². The second-order valence-corrected chi connectivity index (χ2v) is 3.78. The molecule has 0 heterocycles. The minimum atomic E-state index is -0.0475. The zero-order valence-corrected chi connectivity index (χ0v) is 8.21. The fraction of sp³-hybridized carbons (Fsp3) is 0.364. The number of amides is 1. The monoisotopic (exact) mass is 190 g/mol. The summed E-state index contributed by atoms with van der Waals surface area (Å²) in [6.07, 6.45) is 2.19. The average Bonchev–Trinajstić information content (AvgIpc) is 2.93. The summed E-state index contributed by atoms with van der Waals surface area (Å²) in [7, 11) is 0. The smallest absolute Gasteiger partial charge is 0.253 e. The van der Waals surface area contributed by atoms with Crippen molar-refractivity contribution in [3.63, 3.8) is 0 Å². The molecular weight excluding hydrogens is 176 g/mol. The molecule has 1 aromatic rings. The number of nitrogens with one attached hydrogen (secondary N) is 1. The fourth-order valence-corrected chi connectivity index (χ4v) is 1.37. The number of rotatable bonds is 2. The van der Waals surface area contributed by atoms with E-state index in [4.69, 9.17) is 5.73 Å². The summed E-state index contributed by atoms with van der Waals surface area (Å²) < 4.78 is 0. The van der Waals surface area contributed by atoms with Crippen molar-refractivity contribution in [2.75, 3.05) is 5.73 Å². The van der Waals surface area contributed by atoms with Crippen LogP contribution >= 0.6 is 0 Å². The van der Waals surface area contributed by atoms with Crippen molar-refractivity contribution in [1.82, 2.24) is 5.32 Å². The molecule has 0 bridgehead atoms. The molecule has 0 aliphatic heterocycles. The molecule has 3 nitrogen and oxygen atoms in total. The zero-order chi connectivity index (χ0) is 10.1. The third-order valence-electron chi connectivity index (χ3n) is 2.48. The minimum absolute atomic E-state index is 0.0475. The summed E-state index contributed by atoms with van der Waals surface area (Å²) in [5.41, 5.74) is 7.95. The molecule has 1 aliphatic carbocycles. The van der Waals surface area contributed by atoms with Crippen molar-refractivity contribution in [3.05, 3.63) is 29.3 Å². The lowest BCUT2D eigenvalue weighted by atomic mass is 10.1. The molecule has 0 unspecified atom stereocenters. The van der Waals surface area contributed by atoms with Crippen LogP contribution in [0.5, 0.6) is 0 Å². The Kier molecular flexibility index (Phi) is 2.15. The van der Waals surface area contributed by atoms with E-state index in [1.54, 1.807) is 6.07 Å². The quantitative estimate of drug-likeness (QED) is 0.694. The van der Waals surface area contributed by atoms with Crippen LogP contribution < -0.4 is 11.1 Å². The fourth-order valence-electron chi connectivity index (χ4n) is 1.37. The normalized spacial score (nSPS) is 15.2. The van der Waals surface area contributed by atoms with Crippen molar-refractivity contribution in [1.29, 1.82) is 0 Å². The van der Waals surface area contributed by atoms with Crippen molar-refractivity contribution in [2.45, 2.75) is 25.8 Å². The predicted molar refractivity (Wildman–Crippen MR) is 56.1 cm³/mol. The van der Waals surface area contributed by atoms with Gasteiger partial charge in [-0.2, -0.15) is 0 Å². The number of para-hydroxylation sites is 1. The second-order valence-electron chi connectivity index (χ2n) is 3.78. The van der Waals surface area contributed by atoms with Crippen LogP contribution in [0.2, 0.25) is 0 Å². The molecule has 1 aliphatic rings. The number of carbonyl (C=O) groups is 1. The van der Waals surface area contributed by atoms with Crippen LogP contribution in [0.25, 0.3) is 0 Å². The maximum absolute atomic E-state index is 11.7. The number of anilines is 1. The lowest BCUT2D eigenvalue weighted by Gasteiger charge is -2.07. The molecule has 0 radical (unpaired) electrons. The van der Waals surface area contributed by atoms with Gasteiger partial charge in [0, 0.05) is 11.7 Å². The van der Waals surface area contributed by atoms with E-state index in [0.29, 0.717) is 17.3 Å². The molecule has 1 aromatic carbocycles. The van der Waals surface area contributed by atoms with Crippen LogP contribution in [0, 0.1) is 6.92 Å². The average molecular weight is 190 g/mol. The summed E-state index contributed by atoms with van der Waals surface area (Å²) in [6, 6.07) is 5.90. The summed E-state index contributed by atoms with van der Waals surface area (Å²) >= 11 is 0. The molecule has 0 saturated heterocycles. The molecule has 1 fully saturated rings. The van der Waals surface area contributed by atoms with E-state index < -0.39 is 0 Å². The number of aryl methyl sites for hydroxylation is 1. The van der Waals surface area contributed by atoms with E-state index in [9.17, 15) is 4.79 Å². The lowest BCUT2D eigenvalue weighted by molar-refractivity contribution is 0.0952. The molecule has 0 aromatic heterocycles. The number of hydrogen-bond acceptors (Lipinski definition) is 2. The van der Waals surface area contributed by atoms with Gasteiger partial charge in [0.15, 0.2) is 0 Å². The van der Waals surface area contributed by atoms with Gasteiger partial charge in [-0.15, -0.1) is 0 Å². The van der Waals surface area contributed by atoms with E-state index in [2.05, 4.69) is 5.32 Å². The van der Waals surface area contributed by atoms with Gasteiger partial charge in [0.25, 0.3) is 5.91 Å². The predicted octanol–water partition coefficient (Wildman–Crippen LogP) is 1.47. The molecule has 3 heteroatoms. The van der Waals surface area contributed by atoms with Gasteiger partial charge in [-0.3, -0.25) is 4.79 Å². The van der Waals surface area contributed by atoms with Gasteiger partial charge in [0.05, 0.1) is 5.56 Å². The Morgan fingerprint density at radius 3 is 2.86 bits per heavy atom. The first kappa shape index (κ1) is 9.06. The largest absolute Gasteiger partial charge is 0.398 e. The summed E-state index contributed by atoms with van der Waals surface area (Å²) in [5, 5.41) is 2.92. The molecule has 14 heavy (non-hydrogen) atoms. The van der Waals surface area contributed by atoms with Crippen molar-refractivity contribution in [2.24, 2.45) is 0 Å². The first-order valence-electron chi connectivity index (χ1n) is 4.84. The minimum Gasteiger partial charge on any atom is -0.398 e. The topological polar surface area (TPSA) is 55.1 Å². The molecular formula is C11H14N2O. The van der Waals surface area contributed by atoms with E-state index >= 15 is 0 Å². The number of carbonyl (C=O) groups excluding carboxylic acids is 1. The third-order valence-corrected chi connectivity index (χ3v) is 2.48. The van der Waals surface area contributed by atoms with Gasteiger partial charge < -0.3 is 11.1 Å². The highest BCUT2D eigenvalue weighted by atomic mass is 16.1. The maximum Gasteiger partial charge on any atom is 0.253 e. The lowest BCUT2D eigenvalue weighted by Crippen LogP contribution is -2.26. The van der Waals surface area contributed by atoms with Crippen LogP contribution in [0.1, 0.15) is 28.8 Å². The van der Waals surface area contributed by atoms with Crippen LogP contribution in [-0.2, 0) is 0 Å². The number of hydrogen-bond donors (Lipinski definition) is 2. The molecule has 1 saturated carbocycles. The van der Waals surface area contributed by atoms with E-state index in [1.165, 1.54) is 0 Å². The zero-order valence-electron chi connectivity index (χ0n) is 8.21. The highest BCUT2D eigenvalue weighted by Crippen LogP contribution is 2.21. The summed E-state index contributed by atoms with van der Waals surface area (Å²) in [5.74, 6) is -0.0475. The van der Waals surface area contributed by atoms with Crippen LogP contribution in [0.3, 0.4) is 0 Å². The summed E-state index contributed by atoms with van der Waals surface area (Å²) in [6.45, 7) is 1.91. The second kappa shape index (κ2) is 3.33.